The highest BCUT2D eigenvalue weighted by Gasteiger charge is 2.14. The molecule has 8 heteroatoms. The van der Waals surface area contributed by atoms with Crippen LogP contribution in [0, 0.1) is 5.82 Å². The number of halogens is 2. The molecule has 0 fully saturated rings. The largest absolute Gasteiger partial charge is 0.496 e. The molecule has 6 nitrogen and oxygen atoms in total. The van der Waals surface area contributed by atoms with E-state index in [1.54, 1.807) is 18.2 Å². The third-order valence-corrected chi connectivity index (χ3v) is 3.74. The molecular weight excluding hydrogens is 363 g/mol. The quantitative estimate of drug-likeness (QED) is 0.609. The summed E-state index contributed by atoms with van der Waals surface area (Å²) < 4.78 is 28.3. The molecule has 134 valence electrons. The van der Waals surface area contributed by atoms with Crippen LogP contribution in [0.3, 0.4) is 0 Å². The third-order valence-electron chi connectivity index (χ3n) is 3.50. The summed E-state index contributed by atoms with van der Waals surface area (Å²) in [5.41, 5.74) is 1.21. The van der Waals surface area contributed by atoms with Crippen molar-refractivity contribution in [1.82, 2.24) is 10.1 Å². The second-order valence-electron chi connectivity index (χ2n) is 5.31. The molecule has 0 aliphatic heterocycles. The lowest BCUT2D eigenvalue weighted by molar-refractivity contribution is -0.144. The van der Waals surface area contributed by atoms with Gasteiger partial charge in [-0.1, -0.05) is 16.8 Å². The Kier molecular flexibility index (Phi) is 5.48. The maximum atomic E-state index is 12.9. The Morgan fingerprint density at radius 2 is 2.00 bits per heavy atom. The SMILES string of the molecule is COc1ccc(Cl)cc1CC(=O)OCc1nc(-c2ccc(F)cc2)no1. The van der Waals surface area contributed by atoms with Crippen LogP contribution in [-0.4, -0.2) is 23.2 Å². The highest BCUT2D eigenvalue weighted by molar-refractivity contribution is 6.30. The Morgan fingerprint density at radius 1 is 1.23 bits per heavy atom. The summed E-state index contributed by atoms with van der Waals surface area (Å²) in [7, 11) is 1.51. The Bertz CT molecular complexity index is 912. The van der Waals surface area contributed by atoms with E-state index in [0.717, 1.165) is 0 Å². The lowest BCUT2D eigenvalue weighted by atomic mass is 10.1. The fourth-order valence-electron chi connectivity index (χ4n) is 2.26. The second-order valence-corrected chi connectivity index (χ2v) is 5.75. The molecule has 0 saturated carbocycles. The average molecular weight is 377 g/mol. The van der Waals surface area contributed by atoms with Gasteiger partial charge in [0.15, 0.2) is 6.61 Å². The van der Waals surface area contributed by atoms with Crippen molar-refractivity contribution >= 4 is 17.6 Å². The number of nitrogens with zero attached hydrogens (tertiary/aromatic N) is 2. The van der Waals surface area contributed by atoms with E-state index in [2.05, 4.69) is 10.1 Å². The van der Waals surface area contributed by atoms with Crippen LogP contribution >= 0.6 is 11.6 Å². The number of rotatable bonds is 6. The fourth-order valence-corrected chi connectivity index (χ4v) is 2.46. The van der Waals surface area contributed by atoms with Crippen molar-refractivity contribution in [2.24, 2.45) is 0 Å². The summed E-state index contributed by atoms with van der Waals surface area (Å²) in [6, 6.07) is 10.6. The van der Waals surface area contributed by atoms with Crippen molar-refractivity contribution in [3.63, 3.8) is 0 Å². The molecule has 2 aromatic carbocycles. The molecule has 1 heterocycles. The maximum absolute atomic E-state index is 12.9. The van der Waals surface area contributed by atoms with Crippen LogP contribution < -0.4 is 4.74 Å². The zero-order valence-electron chi connectivity index (χ0n) is 13.7. The summed E-state index contributed by atoms with van der Waals surface area (Å²) in [6.45, 7) is -0.171. The van der Waals surface area contributed by atoms with Crippen LogP contribution in [0.1, 0.15) is 11.5 Å². The molecule has 1 aromatic heterocycles. The number of hydrogen-bond donors (Lipinski definition) is 0. The smallest absolute Gasteiger partial charge is 0.310 e. The molecular formula is C18H14ClFN2O4. The van der Waals surface area contributed by atoms with E-state index in [-0.39, 0.29) is 30.6 Å². The van der Waals surface area contributed by atoms with Crippen LogP contribution in [0.5, 0.6) is 5.75 Å². The van der Waals surface area contributed by atoms with Crippen molar-refractivity contribution in [3.05, 3.63) is 64.8 Å². The molecule has 0 radical (unpaired) electrons. The van der Waals surface area contributed by atoms with Crippen LogP contribution in [0.2, 0.25) is 5.02 Å². The monoisotopic (exact) mass is 376 g/mol. The van der Waals surface area contributed by atoms with E-state index in [1.807, 2.05) is 0 Å². The van der Waals surface area contributed by atoms with E-state index in [4.69, 9.17) is 25.6 Å². The van der Waals surface area contributed by atoms with Gasteiger partial charge in [-0.25, -0.2) is 4.39 Å². The van der Waals surface area contributed by atoms with Crippen molar-refractivity contribution in [1.29, 1.82) is 0 Å². The number of carbonyl (C=O) groups is 1. The first kappa shape index (κ1) is 17.9. The van der Waals surface area contributed by atoms with Crippen LogP contribution in [0.25, 0.3) is 11.4 Å². The van der Waals surface area contributed by atoms with E-state index in [0.29, 0.717) is 21.9 Å². The molecule has 0 atom stereocenters. The van der Waals surface area contributed by atoms with Gasteiger partial charge < -0.3 is 14.0 Å². The topological polar surface area (TPSA) is 74.5 Å². The van der Waals surface area contributed by atoms with Gasteiger partial charge in [-0.3, -0.25) is 4.79 Å². The summed E-state index contributed by atoms with van der Waals surface area (Å²) in [5.74, 6) is 0.112. The van der Waals surface area contributed by atoms with Crippen molar-refractivity contribution < 1.29 is 23.2 Å². The molecule has 0 amide bonds. The van der Waals surface area contributed by atoms with Gasteiger partial charge in [0.05, 0.1) is 13.5 Å². The summed E-state index contributed by atoms with van der Waals surface area (Å²) >= 11 is 5.94. The summed E-state index contributed by atoms with van der Waals surface area (Å²) in [6.07, 6.45) is -0.0112. The molecule has 3 rings (SSSR count). The first-order valence-corrected chi connectivity index (χ1v) is 7.99. The highest BCUT2D eigenvalue weighted by Crippen LogP contribution is 2.23. The average Bonchev–Trinajstić information content (AvgIpc) is 3.10. The van der Waals surface area contributed by atoms with Gasteiger partial charge >= 0.3 is 5.97 Å². The number of carbonyl (C=O) groups excluding carboxylic acids is 1. The zero-order valence-corrected chi connectivity index (χ0v) is 14.5. The normalized spacial score (nSPS) is 10.6. The first-order chi connectivity index (χ1) is 12.5. The van der Waals surface area contributed by atoms with Crippen molar-refractivity contribution in [2.45, 2.75) is 13.0 Å². The van der Waals surface area contributed by atoms with Gasteiger partial charge in [0, 0.05) is 16.1 Å². The molecule has 0 bridgehead atoms. The van der Waals surface area contributed by atoms with Crippen molar-refractivity contribution in [2.75, 3.05) is 7.11 Å². The predicted octanol–water partition coefficient (Wildman–Crippen LogP) is 3.82. The molecule has 0 aliphatic carbocycles. The minimum Gasteiger partial charge on any atom is -0.496 e. The highest BCUT2D eigenvalue weighted by atomic mass is 35.5. The number of ether oxygens (including phenoxy) is 2. The van der Waals surface area contributed by atoms with E-state index in [9.17, 15) is 9.18 Å². The number of methoxy groups -OCH3 is 1. The van der Waals surface area contributed by atoms with E-state index < -0.39 is 5.97 Å². The Morgan fingerprint density at radius 3 is 2.73 bits per heavy atom. The van der Waals surface area contributed by atoms with E-state index >= 15 is 0 Å². The predicted molar refractivity (Wildman–Crippen MR) is 91.2 cm³/mol. The standard InChI is InChI=1S/C18H14ClFN2O4/c1-24-15-7-4-13(19)8-12(15)9-17(23)25-10-16-21-18(22-26-16)11-2-5-14(20)6-3-11/h2-8H,9-10H2,1H3. The fraction of sp³-hybridized carbons (Fsp3) is 0.167. The minimum absolute atomic E-state index is 0.0112. The zero-order chi connectivity index (χ0) is 18.5. The summed E-state index contributed by atoms with van der Waals surface area (Å²) in [4.78, 5) is 16.1. The Balaban J connectivity index is 1.60. The molecule has 0 N–H and O–H groups in total. The molecule has 0 saturated heterocycles. The molecule has 0 spiro atoms. The summed E-state index contributed by atoms with van der Waals surface area (Å²) in [5, 5.41) is 4.27. The third kappa shape index (κ3) is 4.37. The van der Waals surface area contributed by atoms with Gasteiger partial charge in [-0.15, -0.1) is 0 Å². The number of hydrogen-bond acceptors (Lipinski definition) is 6. The van der Waals surface area contributed by atoms with Crippen LogP contribution in [0.15, 0.2) is 47.0 Å². The van der Waals surface area contributed by atoms with Crippen LogP contribution in [0.4, 0.5) is 4.39 Å². The Hall–Kier alpha value is -2.93. The lowest BCUT2D eigenvalue weighted by Gasteiger charge is -2.08. The number of benzene rings is 2. The molecule has 26 heavy (non-hydrogen) atoms. The molecule has 0 unspecified atom stereocenters. The molecule has 3 aromatic rings. The molecule has 0 aliphatic rings. The van der Waals surface area contributed by atoms with E-state index in [1.165, 1.54) is 31.4 Å². The number of esters is 1. The minimum atomic E-state index is -0.493. The number of aromatic nitrogens is 2. The van der Waals surface area contributed by atoms with Gasteiger partial charge in [0.2, 0.25) is 5.82 Å². The van der Waals surface area contributed by atoms with Gasteiger partial charge in [0.25, 0.3) is 5.89 Å². The maximum Gasteiger partial charge on any atom is 0.310 e. The Labute approximate surface area is 153 Å². The van der Waals surface area contributed by atoms with Gasteiger partial charge in [0.1, 0.15) is 11.6 Å². The second kappa shape index (κ2) is 7.97. The lowest BCUT2D eigenvalue weighted by Crippen LogP contribution is -2.09. The van der Waals surface area contributed by atoms with Crippen LogP contribution in [-0.2, 0) is 22.6 Å². The van der Waals surface area contributed by atoms with Gasteiger partial charge in [-0.2, -0.15) is 4.98 Å². The van der Waals surface area contributed by atoms with Crippen molar-refractivity contribution in [3.8, 4) is 17.1 Å². The first-order valence-electron chi connectivity index (χ1n) is 7.61. The van der Waals surface area contributed by atoms with Gasteiger partial charge in [-0.05, 0) is 42.5 Å².